The highest BCUT2D eigenvalue weighted by molar-refractivity contribution is 5.76. The number of likely N-dealkylation sites (N-methyl/N-ethyl adjacent to an activating group) is 1. The number of piperazine rings is 1. The summed E-state index contributed by atoms with van der Waals surface area (Å²) in [5.74, 6) is 0. The van der Waals surface area contributed by atoms with E-state index >= 15 is 0 Å². The van der Waals surface area contributed by atoms with Crippen LogP contribution >= 0.6 is 0 Å². The second kappa shape index (κ2) is 4.33. The summed E-state index contributed by atoms with van der Waals surface area (Å²) in [5.41, 5.74) is 0.405. The Morgan fingerprint density at radius 1 is 1.44 bits per heavy atom. The topological polar surface area (TPSA) is 65.2 Å². The van der Waals surface area contributed by atoms with E-state index in [0.717, 1.165) is 13.1 Å². The molecule has 0 radical (unpaired) electrons. The maximum absolute atomic E-state index is 11.9. The lowest BCUT2D eigenvalue weighted by atomic mass is 10.3. The zero-order chi connectivity index (χ0) is 11.5. The van der Waals surface area contributed by atoms with Crippen LogP contribution in [-0.2, 0) is 0 Å². The second-order valence-corrected chi connectivity index (χ2v) is 3.86. The molecule has 1 aliphatic heterocycles. The third-order valence-corrected chi connectivity index (χ3v) is 2.68. The van der Waals surface area contributed by atoms with Gasteiger partial charge >= 0.3 is 6.03 Å². The number of nitriles is 1. The minimum Gasteiger partial charge on any atom is -0.320 e. The van der Waals surface area contributed by atoms with E-state index < -0.39 is 0 Å². The molecule has 0 aromatic carbocycles. The molecule has 0 saturated carbocycles. The molecule has 0 N–H and O–H groups in total. The third-order valence-electron chi connectivity index (χ3n) is 2.68. The molecular weight excluding hydrogens is 206 g/mol. The predicted molar refractivity (Wildman–Crippen MR) is 56.8 cm³/mol. The highest BCUT2D eigenvalue weighted by Gasteiger charge is 2.20. The number of carbonyl (C=O) groups excluding carboxylic acids is 1. The molecule has 2 rings (SSSR count). The number of amides is 1. The fourth-order valence-electron chi connectivity index (χ4n) is 1.63. The number of hydrogen-bond acceptors (Lipinski definition) is 4. The summed E-state index contributed by atoms with van der Waals surface area (Å²) >= 11 is 0. The van der Waals surface area contributed by atoms with Crippen LogP contribution in [0.1, 0.15) is 5.56 Å². The number of hydrogen-bond donors (Lipinski definition) is 0. The molecule has 0 spiro atoms. The van der Waals surface area contributed by atoms with Crippen LogP contribution in [0.2, 0.25) is 0 Å². The summed E-state index contributed by atoms with van der Waals surface area (Å²) in [4.78, 5) is 15.9. The summed E-state index contributed by atoms with van der Waals surface area (Å²) in [6.45, 7) is 3.16. The Bertz CT molecular complexity index is 425. The van der Waals surface area contributed by atoms with Crippen LogP contribution in [0.25, 0.3) is 0 Å². The van der Waals surface area contributed by atoms with Crippen molar-refractivity contribution in [2.45, 2.75) is 0 Å². The Labute approximate surface area is 93.7 Å². The van der Waals surface area contributed by atoms with Crippen LogP contribution in [0, 0.1) is 11.3 Å². The van der Waals surface area contributed by atoms with E-state index in [1.807, 2.05) is 13.1 Å². The smallest absolute Gasteiger partial charge is 0.320 e. The van der Waals surface area contributed by atoms with Crippen molar-refractivity contribution in [1.29, 1.82) is 5.26 Å². The van der Waals surface area contributed by atoms with Crippen molar-refractivity contribution in [2.75, 3.05) is 33.2 Å². The van der Waals surface area contributed by atoms with Gasteiger partial charge in [-0.15, -0.1) is 0 Å². The fourth-order valence-corrected chi connectivity index (χ4v) is 1.63. The molecular formula is C10H13N5O. The quantitative estimate of drug-likeness (QED) is 0.614. The SMILES string of the molecule is CN1CCN(C(=O)n2cc(C#N)cn2)CC1. The van der Waals surface area contributed by atoms with Gasteiger partial charge in [0, 0.05) is 26.2 Å². The van der Waals surface area contributed by atoms with Gasteiger partial charge in [0.1, 0.15) is 6.07 Å². The van der Waals surface area contributed by atoms with E-state index in [1.54, 1.807) is 4.90 Å². The molecule has 84 valence electrons. The zero-order valence-electron chi connectivity index (χ0n) is 9.13. The Hall–Kier alpha value is -1.87. The Balaban J connectivity index is 2.05. The maximum atomic E-state index is 11.9. The monoisotopic (exact) mass is 219 g/mol. The molecule has 0 bridgehead atoms. The predicted octanol–water partition coefficient (Wildman–Crippen LogP) is -0.0297. The van der Waals surface area contributed by atoms with E-state index in [1.165, 1.54) is 17.1 Å². The van der Waals surface area contributed by atoms with Crippen LogP contribution < -0.4 is 0 Å². The van der Waals surface area contributed by atoms with Gasteiger partial charge in [0.2, 0.25) is 0 Å². The fraction of sp³-hybridized carbons (Fsp3) is 0.500. The largest absolute Gasteiger partial charge is 0.344 e. The third kappa shape index (κ3) is 2.04. The minimum absolute atomic E-state index is 0.158. The van der Waals surface area contributed by atoms with Crippen molar-refractivity contribution in [2.24, 2.45) is 0 Å². The van der Waals surface area contributed by atoms with Gasteiger partial charge in [-0.05, 0) is 7.05 Å². The molecule has 1 amide bonds. The minimum atomic E-state index is -0.158. The molecule has 16 heavy (non-hydrogen) atoms. The summed E-state index contributed by atoms with van der Waals surface area (Å²) < 4.78 is 1.23. The Kier molecular flexibility index (Phi) is 2.88. The lowest BCUT2D eigenvalue weighted by Crippen LogP contribution is -2.48. The van der Waals surface area contributed by atoms with Gasteiger partial charge in [-0.1, -0.05) is 0 Å². The molecule has 2 heterocycles. The lowest BCUT2D eigenvalue weighted by Gasteiger charge is -2.31. The van der Waals surface area contributed by atoms with Crippen molar-refractivity contribution in [3.05, 3.63) is 18.0 Å². The van der Waals surface area contributed by atoms with Crippen LogP contribution in [-0.4, -0.2) is 58.8 Å². The summed E-state index contributed by atoms with van der Waals surface area (Å²) in [5, 5.41) is 12.5. The van der Waals surface area contributed by atoms with E-state index in [0.29, 0.717) is 18.7 Å². The standard InChI is InChI=1S/C10H13N5O/c1-13-2-4-14(5-3-13)10(16)15-8-9(6-11)7-12-15/h7-8H,2-5H2,1H3. The van der Waals surface area contributed by atoms with Crippen LogP contribution in [0.3, 0.4) is 0 Å². The lowest BCUT2D eigenvalue weighted by molar-refractivity contribution is 0.153. The maximum Gasteiger partial charge on any atom is 0.344 e. The normalized spacial score (nSPS) is 17.1. The highest BCUT2D eigenvalue weighted by Crippen LogP contribution is 2.03. The Morgan fingerprint density at radius 2 is 2.12 bits per heavy atom. The molecule has 6 heteroatoms. The number of carbonyl (C=O) groups is 1. The van der Waals surface area contributed by atoms with Crippen molar-refractivity contribution in [3.8, 4) is 6.07 Å². The first kappa shape index (κ1) is 10.6. The van der Waals surface area contributed by atoms with E-state index in [2.05, 4.69) is 10.00 Å². The van der Waals surface area contributed by atoms with Gasteiger partial charge < -0.3 is 9.80 Å². The molecule has 0 aliphatic carbocycles. The van der Waals surface area contributed by atoms with E-state index in [9.17, 15) is 4.79 Å². The number of aromatic nitrogens is 2. The molecule has 0 atom stereocenters. The van der Waals surface area contributed by atoms with Crippen LogP contribution in [0.15, 0.2) is 12.4 Å². The highest BCUT2D eigenvalue weighted by atomic mass is 16.2. The summed E-state index contributed by atoms with van der Waals surface area (Å²) in [6.07, 6.45) is 2.86. The van der Waals surface area contributed by atoms with Crippen molar-refractivity contribution in [1.82, 2.24) is 19.6 Å². The zero-order valence-corrected chi connectivity index (χ0v) is 9.13. The first-order chi connectivity index (χ1) is 7.70. The summed E-state index contributed by atoms with van der Waals surface area (Å²) in [7, 11) is 2.03. The summed E-state index contributed by atoms with van der Waals surface area (Å²) in [6, 6.07) is 1.79. The van der Waals surface area contributed by atoms with E-state index in [-0.39, 0.29) is 6.03 Å². The van der Waals surface area contributed by atoms with Crippen LogP contribution in [0.5, 0.6) is 0 Å². The van der Waals surface area contributed by atoms with Gasteiger partial charge in [0.05, 0.1) is 18.0 Å². The number of nitrogens with zero attached hydrogens (tertiary/aromatic N) is 5. The van der Waals surface area contributed by atoms with Crippen molar-refractivity contribution >= 4 is 6.03 Å². The molecule has 0 unspecified atom stereocenters. The second-order valence-electron chi connectivity index (χ2n) is 3.86. The van der Waals surface area contributed by atoms with Crippen molar-refractivity contribution in [3.63, 3.8) is 0 Å². The van der Waals surface area contributed by atoms with Crippen LogP contribution in [0.4, 0.5) is 4.79 Å². The first-order valence-corrected chi connectivity index (χ1v) is 5.13. The molecule has 1 aromatic heterocycles. The van der Waals surface area contributed by atoms with Gasteiger partial charge in [-0.2, -0.15) is 15.0 Å². The van der Waals surface area contributed by atoms with Crippen molar-refractivity contribution < 1.29 is 4.79 Å². The molecule has 1 saturated heterocycles. The van der Waals surface area contributed by atoms with Gasteiger partial charge in [-0.3, -0.25) is 0 Å². The number of rotatable bonds is 0. The van der Waals surface area contributed by atoms with Gasteiger partial charge in [-0.25, -0.2) is 4.79 Å². The average molecular weight is 219 g/mol. The molecule has 1 aliphatic rings. The molecule has 6 nitrogen and oxygen atoms in total. The average Bonchev–Trinajstić information content (AvgIpc) is 2.77. The first-order valence-electron chi connectivity index (χ1n) is 5.13. The van der Waals surface area contributed by atoms with Gasteiger partial charge in [0.15, 0.2) is 0 Å². The Morgan fingerprint density at radius 3 is 2.69 bits per heavy atom. The van der Waals surface area contributed by atoms with E-state index in [4.69, 9.17) is 5.26 Å². The molecule has 1 aromatic rings. The van der Waals surface area contributed by atoms with Gasteiger partial charge in [0.25, 0.3) is 0 Å². The molecule has 1 fully saturated rings.